The molecule has 2 N–H and O–H groups in total. The van der Waals surface area contributed by atoms with Crippen LogP contribution in [0.2, 0.25) is 5.02 Å². The Bertz CT molecular complexity index is 1360. The number of benzene rings is 2. The van der Waals surface area contributed by atoms with Gasteiger partial charge in [-0.1, -0.05) is 23.7 Å². The first kappa shape index (κ1) is 25.0. The highest BCUT2D eigenvalue weighted by atomic mass is 35.5. The normalized spacial score (nSPS) is 17.2. The van der Waals surface area contributed by atoms with Gasteiger partial charge in [-0.05, 0) is 54.8 Å². The Morgan fingerprint density at radius 3 is 2.47 bits per heavy atom. The van der Waals surface area contributed by atoms with Gasteiger partial charge in [-0.15, -0.1) is 0 Å². The second kappa shape index (κ2) is 11.2. The fourth-order valence-corrected chi connectivity index (χ4v) is 5.49. The minimum Gasteiger partial charge on any atom is -0.497 e. The number of halogens is 1. The van der Waals surface area contributed by atoms with E-state index in [9.17, 15) is 0 Å². The summed E-state index contributed by atoms with van der Waals surface area (Å²) in [5.41, 5.74) is 5.93. The van der Waals surface area contributed by atoms with Crippen molar-refractivity contribution in [2.45, 2.75) is 25.4 Å². The molecule has 0 bridgehead atoms. The number of morpholine rings is 1. The van der Waals surface area contributed by atoms with E-state index in [1.807, 2.05) is 12.1 Å². The van der Waals surface area contributed by atoms with Gasteiger partial charge in [-0.25, -0.2) is 9.97 Å². The monoisotopic (exact) mass is 532 g/mol. The van der Waals surface area contributed by atoms with Gasteiger partial charge in [0.05, 0.1) is 37.2 Å². The predicted octanol–water partition coefficient (Wildman–Crippen LogP) is 5.20. The third-order valence-electron chi connectivity index (χ3n) is 7.49. The number of pyridine rings is 1. The molecule has 0 spiro atoms. The number of hydrogen-bond acceptors (Lipinski definition) is 7. The van der Waals surface area contributed by atoms with Crippen LogP contribution in [0.25, 0.3) is 22.6 Å². The van der Waals surface area contributed by atoms with E-state index >= 15 is 0 Å². The van der Waals surface area contributed by atoms with Crippen LogP contribution in [-0.2, 0) is 11.3 Å². The summed E-state index contributed by atoms with van der Waals surface area (Å²) in [5, 5.41) is 4.31. The third-order valence-corrected chi connectivity index (χ3v) is 7.78. The lowest BCUT2D eigenvalue weighted by atomic mass is 10.0. The van der Waals surface area contributed by atoms with E-state index in [-0.39, 0.29) is 0 Å². The van der Waals surface area contributed by atoms with Crippen LogP contribution in [0.3, 0.4) is 0 Å². The number of nitrogens with one attached hydrogen (secondary N) is 2. The van der Waals surface area contributed by atoms with Crippen LogP contribution in [0.5, 0.6) is 5.75 Å². The average Bonchev–Trinajstić information content (AvgIpc) is 3.41. The fraction of sp³-hybridized carbons (Fsp3) is 0.379. The maximum atomic E-state index is 6.64. The molecule has 0 atom stereocenters. The first-order chi connectivity index (χ1) is 18.7. The summed E-state index contributed by atoms with van der Waals surface area (Å²) in [6, 6.07) is 17.2. The SMILES string of the molecule is COc1ccc(CN2CCC(Nc3c(Cl)cnc4nc(-c5ccc(N6CCOCC6)cc5)[nH]c34)CC2)cc1. The number of methoxy groups -OCH3 is 1. The lowest BCUT2D eigenvalue weighted by Crippen LogP contribution is -2.38. The van der Waals surface area contributed by atoms with Gasteiger partial charge >= 0.3 is 0 Å². The second-order valence-electron chi connectivity index (χ2n) is 9.95. The molecule has 2 aromatic carbocycles. The first-order valence-electron chi connectivity index (χ1n) is 13.3. The van der Waals surface area contributed by atoms with Gasteiger partial charge in [-0.3, -0.25) is 4.90 Å². The zero-order valence-corrected chi connectivity index (χ0v) is 22.4. The van der Waals surface area contributed by atoms with Crippen molar-refractivity contribution in [2.75, 3.05) is 56.7 Å². The molecule has 0 saturated carbocycles. The number of fused-ring (bicyclic) bond motifs is 1. The number of ether oxygens (including phenoxy) is 2. The van der Waals surface area contributed by atoms with Gasteiger partial charge < -0.3 is 24.7 Å². The average molecular weight is 533 g/mol. The molecule has 2 aliphatic rings. The van der Waals surface area contributed by atoms with Gasteiger partial charge in [-0.2, -0.15) is 0 Å². The predicted molar refractivity (Wildman–Crippen MR) is 152 cm³/mol. The van der Waals surface area contributed by atoms with Gasteiger partial charge in [0.1, 0.15) is 17.1 Å². The standard InChI is InChI=1S/C29H33ClN6O2/c1-37-24-8-2-20(3-9-24)19-35-12-10-22(11-13-35)32-26-25(30)18-31-29-27(26)33-28(34-29)21-4-6-23(7-5-21)36-14-16-38-17-15-36/h2-9,18,22H,10-17,19H2,1H3,(H2,31,32,33,34). The maximum absolute atomic E-state index is 6.64. The number of H-pyrrole nitrogens is 1. The molecular weight excluding hydrogens is 500 g/mol. The Labute approximate surface area is 227 Å². The molecule has 2 saturated heterocycles. The lowest BCUT2D eigenvalue weighted by molar-refractivity contribution is 0.122. The quantitative estimate of drug-likeness (QED) is 0.338. The van der Waals surface area contributed by atoms with Crippen molar-refractivity contribution in [2.24, 2.45) is 0 Å². The number of hydrogen-bond donors (Lipinski definition) is 2. The number of aromatic amines is 1. The molecule has 38 heavy (non-hydrogen) atoms. The van der Waals surface area contributed by atoms with E-state index in [1.54, 1.807) is 13.3 Å². The topological polar surface area (TPSA) is 78.5 Å². The van der Waals surface area contributed by atoms with Gasteiger partial charge in [0.2, 0.25) is 0 Å². The van der Waals surface area contributed by atoms with Crippen LogP contribution in [-0.4, -0.2) is 72.4 Å². The third kappa shape index (κ3) is 5.43. The molecule has 4 aromatic rings. The Kier molecular flexibility index (Phi) is 7.35. The molecule has 0 unspecified atom stereocenters. The van der Waals surface area contributed by atoms with Crippen molar-refractivity contribution < 1.29 is 9.47 Å². The van der Waals surface area contributed by atoms with E-state index in [4.69, 9.17) is 26.1 Å². The van der Waals surface area contributed by atoms with Crippen molar-refractivity contribution in [3.05, 3.63) is 65.3 Å². The van der Waals surface area contributed by atoms with Crippen molar-refractivity contribution in [1.29, 1.82) is 0 Å². The molecular formula is C29H33ClN6O2. The number of rotatable bonds is 7. The zero-order chi connectivity index (χ0) is 25.9. The Morgan fingerprint density at radius 1 is 1.03 bits per heavy atom. The van der Waals surface area contributed by atoms with Crippen molar-refractivity contribution in [3.8, 4) is 17.1 Å². The first-order valence-corrected chi connectivity index (χ1v) is 13.6. The second-order valence-corrected chi connectivity index (χ2v) is 10.4. The Hall–Kier alpha value is -3.33. The van der Waals surface area contributed by atoms with Crippen LogP contribution >= 0.6 is 11.6 Å². The maximum Gasteiger partial charge on any atom is 0.180 e. The number of likely N-dealkylation sites (tertiary alicyclic amines) is 1. The highest BCUT2D eigenvalue weighted by Gasteiger charge is 2.22. The molecule has 2 aliphatic heterocycles. The van der Waals surface area contributed by atoms with Crippen LogP contribution in [0.15, 0.2) is 54.7 Å². The fourth-order valence-electron chi connectivity index (χ4n) is 5.29. The van der Waals surface area contributed by atoms with Crippen molar-refractivity contribution in [3.63, 3.8) is 0 Å². The van der Waals surface area contributed by atoms with Crippen LogP contribution in [0.1, 0.15) is 18.4 Å². The van der Waals surface area contributed by atoms with E-state index in [1.165, 1.54) is 11.3 Å². The minimum absolute atomic E-state index is 0.338. The molecule has 2 aromatic heterocycles. The molecule has 0 amide bonds. The smallest absolute Gasteiger partial charge is 0.180 e. The van der Waals surface area contributed by atoms with E-state index in [2.05, 4.69) is 61.5 Å². The molecule has 8 nitrogen and oxygen atoms in total. The highest BCUT2D eigenvalue weighted by molar-refractivity contribution is 6.34. The van der Waals surface area contributed by atoms with E-state index in [0.717, 1.165) is 87.1 Å². The zero-order valence-electron chi connectivity index (χ0n) is 21.6. The summed E-state index contributed by atoms with van der Waals surface area (Å²) >= 11 is 6.64. The summed E-state index contributed by atoms with van der Waals surface area (Å²) in [5.74, 6) is 1.69. The number of nitrogens with zero attached hydrogens (tertiary/aromatic N) is 4. The molecule has 0 radical (unpaired) electrons. The minimum atomic E-state index is 0.338. The van der Waals surface area contributed by atoms with Crippen LogP contribution in [0.4, 0.5) is 11.4 Å². The molecule has 2 fully saturated rings. The van der Waals surface area contributed by atoms with Crippen LogP contribution in [0, 0.1) is 0 Å². The molecule has 6 rings (SSSR count). The molecule has 4 heterocycles. The molecule has 198 valence electrons. The summed E-state index contributed by atoms with van der Waals surface area (Å²) in [6.45, 7) is 6.39. The number of imidazole rings is 1. The van der Waals surface area contributed by atoms with Gasteiger partial charge in [0.25, 0.3) is 0 Å². The van der Waals surface area contributed by atoms with Gasteiger partial charge in [0, 0.05) is 50.0 Å². The summed E-state index contributed by atoms with van der Waals surface area (Å²) in [6.07, 6.45) is 3.78. The summed E-state index contributed by atoms with van der Waals surface area (Å²) in [7, 11) is 1.70. The van der Waals surface area contributed by atoms with Gasteiger partial charge in [0.15, 0.2) is 5.65 Å². The summed E-state index contributed by atoms with van der Waals surface area (Å²) < 4.78 is 10.7. The van der Waals surface area contributed by atoms with E-state index < -0.39 is 0 Å². The number of anilines is 2. The van der Waals surface area contributed by atoms with Crippen molar-refractivity contribution >= 4 is 34.1 Å². The van der Waals surface area contributed by atoms with Crippen LogP contribution < -0.4 is 15.0 Å². The number of aromatic nitrogens is 3. The highest BCUT2D eigenvalue weighted by Crippen LogP contribution is 2.33. The van der Waals surface area contributed by atoms with E-state index in [0.29, 0.717) is 16.7 Å². The lowest BCUT2D eigenvalue weighted by Gasteiger charge is -2.33. The molecule has 0 aliphatic carbocycles. The Morgan fingerprint density at radius 2 is 1.76 bits per heavy atom. The number of piperidine rings is 1. The summed E-state index contributed by atoms with van der Waals surface area (Å²) in [4.78, 5) is 17.6. The molecule has 9 heteroatoms. The van der Waals surface area contributed by atoms with Crippen molar-refractivity contribution in [1.82, 2.24) is 19.9 Å². The largest absolute Gasteiger partial charge is 0.497 e. The Balaban J connectivity index is 1.12.